The molecule has 0 saturated carbocycles. The Morgan fingerprint density at radius 2 is 1.48 bits per heavy atom. The van der Waals surface area contributed by atoms with Crippen LogP contribution in [0.4, 0.5) is 5.69 Å². The summed E-state index contributed by atoms with van der Waals surface area (Å²) < 4.78 is 0. The second kappa shape index (κ2) is 11.6. The van der Waals surface area contributed by atoms with Gasteiger partial charge in [0.25, 0.3) is 0 Å². The van der Waals surface area contributed by atoms with E-state index in [0.717, 1.165) is 17.3 Å². The van der Waals surface area contributed by atoms with E-state index in [4.69, 9.17) is 12.2 Å². The van der Waals surface area contributed by atoms with Crippen molar-refractivity contribution in [2.75, 3.05) is 11.9 Å². The third-order valence-corrected chi connectivity index (χ3v) is 3.87. The highest BCUT2D eigenvalue weighted by Gasteiger charge is 1.97. The summed E-state index contributed by atoms with van der Waals surface area (Å²) in [6, 6.07) is 8.28. The van der Waals surface area contributed by atoms with Gasteiger partial charge in [0.1, 0.15) is 0 Å². The van der Waals surface area contributed by atoms with Crippen LogP contribution in [-0.4, -0.2) is 11.7 Å². The van der Waals surface area contributed by atoms with Crippen LogP contribution in [0.3, 0.4) is 0 Å². The molecule has 2 nitrogen and oxygen atoms in total. The topological polar surface area (TPSA) is 24.1 Å². The van der Waals surface area contributed by atoms with Crippen molar-refractivity contribution in [1.29, 1.82) is 0 Å². The second-order valence-corrected chi connectivity index (χ2v) is 6.13. The molecule has 0 spiro atoms. The van der Waals surface area contributed by atoms with Gasteiger partial charge in [0.05, 0.1) is 0 Å². The van der Waals surface area contributed by atoms with Crippen molar-refractivity contribution >= 4 is 23.0 Å². The van der Waals surface area contributed by atoms with Crippen LogP contribution in [0, 0.1) is 6.92 Å². The van der Waals surface area contributed by atoms with E-state index >= 15 is 0 Å². The molecule has 118 valence electrons. The molecule has 0 saturated heterocycles. The molecule has 21 heavy (non-hydrogen) atoms. The predicted molar refractivity (Wildman–Crippen MR) is 98.0 cm³/mol. The number of hydrogen-bond acceptors (Lipinski definition) is 1. The average molecular weight is 307 g/mol. The van der Waals surface area contributed by atoms with Crippen LogP contribution in [-0.2, 0) is 0 Å². The smallest absolute Gasteiger partial charge is 0.170 e. The Bertz CT molecular complexity index is 387. The van der Waals surface area contributed by atoms with Gasteiger partial charge < -0.3 is 10.6 Å². The summed E-state index contributed by atoms with van der Waals surface area (Å²) in [5.41, 5.74) is 2.31. The fourth-order valence-corrected chi connectivity index (χ4v) is 2.49. The van der Waals surface area contributed by atoms with Crippen LogP contribution in [0.2, 0.25) is 0 Å². The summed E-state index contributed by atoms with van der Waals surface area (Å²) in [6.45, 7) is 5.31. The van der Waals surface area contributed by atoms with Crippen molar-refractivity contribution in [2.45, 2.75) is 65.2 Å². The Morgan fingerprint density at radius 1 is 0.905 bits per heavy atom. The van der Waals surface area contributed by atoms with E-state index in [0.29, 0.717) is 0 Å². The van der Waals surface area contributed by atoms with Gasteiger partial charge in [-0.15, -0.1) is 0 Å². The first-order valence-electron chi connectivity index (χ1n) is 8.34. The van der Waals surface area contributed by atoms with E-state index in [1.807, 2.05) is 0 Å². The number of anilines is 1. The molecule has 0 aliphatic rings. The van der Waals surface area contributed by atoms with Crippen molar-refractivity contribution < 1.29 is 0 Å². The highest BCUT2D eigenvalue weighted by molar-refractivity contribution is 7.80. The van der Waals surface area contributed by atoms with Crippen LogP contribution < -0.4 is 10.6 Å². The molecule has 0 heterocycles. The summed E-state index contributed by atoms with van der Waals surface area (Å²) in [7, 11) is 0. The number of unbranched alkanes of at least 4 members (excludes halogenated alkanes) is 7. The van der Waals surface area contributed by atoms with Gasteiger partial charge in [0.2, 0.25) is 0 Å². The molecule has 0 aromatic heterocycles. The zero-order valence-electron chi connectivity index (χ0n) is 13.6. The zero-order valence-corrected chi connectivity index (χ0v) is 14.4. The fraction of sp³-hybridized carbons (Fsp3) is 0.611. The van der Waals surface area contributed by atoms with Gasteiger partial charge >= 0.3 is 0 Å². The minimum absolute atomic E-state index is 0.724. The molecule has 0 unspecified atom stereocenters. The Hall–Kier alpha value is -1.09. The minimum Gasteiger partial charge on any atom is -0.362 e. The summed E-state index contributed by atoms with van der Waals surface area (Å²) in [4.78, 5) is 0. The molecule has 0 amide bonds. The first-order chi connectivity index (χ1) is 10.2. The molecular weight excluding hydrogens is 276 g/mol. The lowest BCUT2D eigenvalue weighted by Gasteiger charge is -2.10. The van der Waals surface area contributed by atoms with Crippen LogP contribution in [0.15, 0.2) is 24.3 Å². The fourth-order valence-electron chi connectivity index (χ4n) is 2.27. The third-order valence-electron chi connectivity index (χ3n) is 3.63. The molecule has 2 N–H and O–H groups in total. The molecule has 0 fully saturated rings. The lowest BCUT2D eigenvalue weighted by molar-refractivity contribution is 0.573. The lowest BCUT2D eigenvalue weighted by atomic mass is 10.1. The van der Waals surface area contributed by atoms with Gasteiger partial charge in [-0.25, -0.2) is 0 Å². The van der Waals surface area contributed by atoms with E-state index in [2.05, 4.69) is 48.7 Å². The maximum absolute atomic E-state index is 5.30. The summed E-state index contributed by atoms with van der Waals surface area (Å²) in [6.07, 6.45) is 10.7. The maximum atomic E-state index is 5.30. The Morgan fingerprint density at radius 3 is 2.10 bits per heavy atom. The van der Waals surface area contributed by atoms with E-state index < -0.39 is 0 Å². The quantitative estimate of drug-likeness (QED) is 0.446. The molecule has 0 radical (unpaired) electrons. The van der Waals surface area contributed by atoms with Gasteiger partial charge in [-0.2, -0.15) is 0 Å². The minimum atomic E-state index is 0.724. The Labute approximate surface area is 135 Å². The molecule has 3 heteroatoms. The van der Waals surface area contributed by atoms with E-state index in [9.17, 15) is 0 Å². The van der Waals surface area contributed by atoms with Crippen molar-refractivity contribution in [1.82, 2.24) is 5.32 Å². The molecule has 1 rings (SSSR count). The van der Waals surface area contributed by atoms with Crippen molar-refractivity contribution in [3.05, 3.63) is 29.8 Å². The third kappa shape index (κ3) is 9.46. The van der Waals surface area contributed by atoms with Crippen LogP contribution >= 0.6 is 12.2 Å². The van der Waals surface area contributed by atoms with Crippen LogP contribution in [0.25, 0.3) is 0 Å². The number of nitrogens with one attached hydrogen (secondary N) is 2. The maximum Gasteiger partial charge on any atom is 0.170 e. The SMILES string of the molecule is CCCCCCCCCCNC(=S)Nc1ccc(C)cc1. The van der Waals surface area contributed by atoms with Crippen molar-refractivity contribution in [3.63, 3.8) is 0 Å². The summed E-state index contributed by atoms with van der Waals surface area (Å²) in [5, 5.41) is 7.22. The van der Waals surface area contributed by atoms with E-state index in [-0.39, 0.29) is 0 Å². The van der Waals surface area contributed by atoms with Gasteiger partial charge in [0.15, 0.2) is 5.11 Å². The highest BCUT2D eigenvalue weighted by Crippen LogP contribution is 2.09. The van der Waals surface area contributed by atoms with Crippen LogP contribution in [0.1, 0.15) is 63.9 Å². The molecule has 1 aromatic rings. The predicted octanol–water partition coefficient (Wildman–Crippen LogP) is 5.42. The average Bonchev–Trinajstić information content (AvgIpc) is 2.48. The molecular formula is C18H30N2S. The number of thiocarbonyl (C=S) groups is 1. The van der Waals surface area contributed by atoms with Gasteiger partial charge in [-0.05, 0) is 37.7 Å². The molecule has 0 atom stereocenters. The van der Waals surface area contributed by atoms with Gasteiger partial charge in [0, 0.05) is 12.2 Å². The standard InChI is InChI=1S/C18H30N2S/c1-3-4-5-6-7-8-9-10-15-19-18(21)20-17-13-11-16(2)12-14-17/h11-14H,3-10,15H2,1-2H3,(H2,19,20,21). The zero-order chi connectivity index (χ0) is 15.3. The number of aryl methyl sites for hydroxylation is 1. The number of benzene rings is 1. The number of hydrogen-bond donors (Lipinski definition) is 2. The monoisotopic (exact) mass is 306 g/mol. The van der Waals surface area contributed by atoms with Gasteiger partial charge in [-0.3, -0.25) is 0 Å². The largest absolute Gasteiger partial charge is 0.362 e. The lowest BCUT2D eigenvalue weighted by Crippen LogP contribution is -2.29. The summed E-state index contributed by atoms with van der Waals surface area (Å²) >= 11 is 5.30. The first kappa shape index (κ1) is 18.0. The van der Waals surface area contributed by atoms with Crippen molar-refractivity contribution in [3.8, 4) is 0 Å². The van der Waals surface area contributed by atoms with E-state index in [1.54, 1.807) is 0 Å². The molecule has 0 bridgehead atoms. The first-order valence-corrected chi connectivity index (χ1v) is 8.74. The van der Waals surface area contributed by atoms with Crippen LogP contribution in [0.5, 0.6) is 0 Å². The van der Waals surface area contributed by atoms with E-state index in [1.165, 1.54) is 56.9 Å². The molecule has 1 aromatic carbocycles. The van der Waals surface area contributed by atoms with Crippen molar-refractivity contribution in [2.24, 2.45) is 0 Å². The molecule has 0 aliphatic heterocycles. The van der Waals surface area contributed by atoms with Gasteiger partial charge in [-0.1, -0.05) is 69.6 Å². The summed E-state index contributed by atoms with van der Waals surface area (Å²) in [5.74, 6) is 0. The normalized spacial score (nSPS) is 10.4. The molecule has 0 aliphatic carbocycles. The highest BCUT2D eigenvalue weighted by atomic mass is 32.1. The number of rotatable bonds is 10. The Kier molecular flexibility index (Phi) is 9.88. The Balaban J connectivity index is 1.97. The second-order valence-electron chi connectivity index (χ2n) is 5.72.